The van der Waals surface area contributed by atoms with Gasteiger partial charge in [0.2, 0.25) is 0 Å². The number of pyridine rings is 1. The Kier molecular flexibility index (Phi) is 5.80. The SMILES string of the molecule is CCN(Cc1ccccc1)c1ccc(C(=O)Nc2cccc(C#N)c2)nc1. The lowest BCUT2D eigenvalue weighted by Crippen LogP contribution is -2.22. The monoisotopic (exact) mass is 356 g/mol. The Balaban J connectivity index is 1.70. The van der Waals surface area contributed by atoms with Crippen molar-refractivity contribution >= 4 is 17.3 Å². The summed E-state index contributed by atoms with van der Waals surface area (Å²) in [6.07, 6.45) is 1.72. The zero-order valence-corrected chi connectivity index (χ0v) is 15.1. The third kappa shape index (κ3) is 4.71. The van der Waals surface area contributed by atoms with Crippen molar-refractivity contribution < 1.29 is 4.79 Å². The van der Waals surface area contributed by atoms with Crippen LogP contribution in [0.5, 0.6) is 0 Å². The van der Waals surface area contributed by atoms with Gasteiger partial charge in [-0.15, -0.1) is 0 Å². The number of rotatable bonds is 6. The number of nitrogens with zero attached hydrogens (tertiary/aromatic N) is 3. The maximum Gasteiger partial charge on any atom is 0.274 e. The second kappa shape index (κ2) is 8.63. The molecule has 1 aromatic heterocycles. The molecule has 1 heterocycles. The molecule has 1 amide bonds. The van der Waals surface area contributed by atoms with Gasteiger partial charge in [-0.1, -0.05) is 36.4 Å². The first-order valence-corrected chi connectivity index (χ1v) is 8.76. The summed E-state index contributed by atoms with van der Waals surface area (Å²) in [7, 11) is 0. The standard InChI is InChI=1S/C22H20N4O/c1-2-26(16-17-7-4-3-5-8-17)20-11-12-21(24-15-20)22(27)25-19-10-6-9-18(13-19)14-23/h3-13,15H,2,16H2,1H3,(H,25,27). The first-order chi connectivity index (χ1) is 13.2. The van der Waals surface area contributed by atoms with Gasteiger partial charge in [0.1, 0.15) is 5.69 Å². The molecular formula is C22H20N4O. The zero-order valence-electron chi connectivity index (χ0n) is 15.1. The molecule has 134 valence electrons. The molecule has 0 atom stereocenters. The summed E-state index contributed by atoms with van der Waals surface area (Å²) in [5.41, 5.74) is 3.58. The van der Waals surface area contributed by atoms with E-state index in [9.17, 15) is 4.79 Å². The third-order valence-corrected chi connectivity index (χ3v) is 4.19. The van der Waals surface area contributed by atoms with Gasteiger partial charge in [0, 0.05) is 18.8 Å². The smallest absolute Gasteiger partial charge is 0.274 e. The van der Waals surface area contributed by atoms with Gasteiger partial charge < -0.3 is 10.2 Å². The average molecular weight is 356 g/mol. The molecule has 5 nitrogen and oxygen atoms in total. The van der Waals surface area contributed by atoms with E-state index in [0.29, 0.717) is 16.9 Å². The molecule has 2 aromatic carbocycles. The normalized spacial score (nSPS) is 10.1. The Morgan fingerprint density at radius 1 is 1.11 bits per heavy atom. The fourth-order valence-corrected chi connectivity index (χ4v) is 2.76. The molecule has 5 heteroatoms. The second-order valence-electron chi connectivity index (χ2n) is 6.05. The summed E-state index contributed by atoms with van der Waals surface area (Å²) in [5.74, 6) is -0.303. The van der Waals surface area contributed by atoms with Crippen molar-refractivity contribution in [3.05, 3.63) is 89.7 Å². The number of benzene rings is 2. The molecule has 0 bridgehead atoms. The van der Waals surface area contributed by atoms with Gasteiger partial charge in [0.05, 0.1) is 23.5 Å². The van der Waals surface area contributed by atoms with Crippen molar-refractivity contribution in [2.45, 2.75) is 13.5 Å². The van der Waals surface area contributed by atoms with Crippen LogP contribution in [0.4, 0.5) is 11.4 Å². The van der Waals surface area contributed by atoms with Gasteiger partial charge >= 0.3 is 0 Å². The van der Waals surface area contributed by atoms with E-state index in [1.807, 2.05) is 24.3 Å². The molecule has 27 heavy (non-hydrogen) atoms. The first kappa shape index (κ1) is 18.2. The fourth-order valence-electron chi connectivity index (χ4n) is 2.76. The summed E-state index contributed by atoms with van der Waals surface area (Å²) in [6, 6.07) is 22.7. The predicted molar refractivity (Wildman–Crippen MR) is 107 cm³/mol. The molecule has 1 N–H and O–H groups in total. The van der Waals surface area contributed by atoms with E-state index in [1.165, 1.54) is 5.56 Å². The second-order valence-corrected chi connectivity index (χ2v) is 6.05. The van der Waals surface area contributed by atoms with Crippen LogP contribution in [0.25, 0.3) is 0 Å². The van der Waals surface area contributed by atoms with Crippen molar-refractivity contribution in [1.82, 2.24) is 4.98 Å². The van der Waals surface area contributed by atoms with Gasteiger partial charge in [-0.25, -0.2) is 4.98 Å². The number of amides is 1. The van der Waals surface area contributed by atoms with Crippen LogP contribution in [0.2, 0.25) is 0 Å². The topological polar surface area (TPSA) is 69.0 Å². The summed E-state index contributed by atoms with van der Waals surface area (Å²) in [4.78, 5) is 18.9. The molecule has 0 saturated carbocycles. The summed E-state index contributed by atoms with van der Waals surface area (Å²) < 4.78 is 0. The largest absolute Gasteiger partial charge is 0.366 e. The highest BCUT2D eigenvalue weighted by Crippen LogP contribution is 2.17. The van der Waals surface area contributed by atoms with Crippen molar-refractivity contribution in [1.29, 1.82) is 5.26 Å². The number of carbonyl (C=O) groups excluding carboxylic acids is 1. The maximum absolute atomic E-state index is 12.4. The van der Waals surface area contributed by atoms with Gasteiger partial charge in [0.25, 0.3) is 5.91 Å². The van der Waals surface area contributed by atoms with E-state index in [4.69, 9.17) is 5.26 Å². The number of aromatic nitrogens is 1. The molecule has 0 aliphatic rings. The number of hydrogen-bond acceptors (Lipinski definition) is 4. The number of carbonyl (C=O) groups is 1. The average Bonchev–Trinajstić information content (AvgIpc) is 2.73. The predicted octanol–water partition coefficient (Wildman–Crippen LogP) is 4.23. The molecule has 0 aliphatic heterocycles. The van der Waals surface area contributed by atoms with Crippen LogP contribution in [0.1, 0.15) is 28.5 Å². The minimum Gasteiger partial charge on any atom is -0.366 e. The van der Waals surface area contributed by atoms with Crippen LogP contribution in [-0.2, 0) is 6.54 Å². The number of hydrogen-bond donors (Lipinski definition) is 1. The van der Waals surface area contributed by atoms with Gasteiger partial charge in [-0.05, 0) is 42.8 Å². The fraction of sp³-hybridized carbons (Fsp3) is 0.136. The lowest BCUT2D eigenvalue weighted by Gasteiger charge is -2.23. The van der Waals surface area contributed by atoms with Crippen LogP contribution in [0.15, 0.2) is 72.9 Å². The number of anilines is 2. The minimum atomic E-state index is -0.303. The Hall–Kier alpha value is -3.65. The highest BCUT2D eigenvalue weighted by Gasteiger charge is 2.11. The lowest BCUT2D eigenvalue weighted by atomic mass is 10.2. The van der Waals surface area contributed by atoms with Crippen molar-refractivity contribution in [3.8, 4) is 6.07 Å². The van der Waals surface area contributed by atoms with E-state index in [2.05, 4.69) is 40.3 Å². The van der Waals surface area contributed by atoms with E-state index in [-0.39, 0.29) is 5.91 Å². The highest BCUT2D eigenvalue weighted by molar-refractivity contribution is 6.03. The quantitative estimate of drug-likeness (QED) is 0.717. The Labute approximate surface area is 158 Å². The lowest BCUT2D eigenvalue weighted by molar-refractivity contribution is 0.102. The number of nitriles is 1. The van der Waals surface area contributed by atoms with Crippen LogP contribution in [0.3, 0.4) is 0 Å². The van der Waals surface area contributed by atoms with Crippen LogP contribution in [-0.4, -0.2) is 17.4 Å². The van der Waals surface area contributed by atoms with Crippen molar-refractivity contribution in [3.63, 3.8) is 0 Å². The molecule has 0 unspecified atom stereocenters. The Morgan fingerprint density at radius 3 is 2.59 bits per heavy atom. The molecule has 3 rings (SSSR count). The summed E-state index contributed by atoms with van der Waals surface area (Å²) in [6.45, 7) is 3.71. The van der Waals surface area contributed by atoms with Crippen LogP contribution in [0, 0.1) is 11.3 Å². The van der Waals surface area contributed by atoms with E-state index in [0.717, 1.165) is 18.8 Å². The maximum atomic E-state index is 12.4. The summed E-state index contributed by atoms with van der Waals surface area (Å²) >= 11 is 0. The Morgan fingerprint density at radius 2 is 1.93 bits per heavy atom. The van der Waals surface area contributed by atoms with Gasteiger partial charge in [0.15, 0.2) is 0 Å². The van der Waals surface area contributed by atoms with Gasteiger partial charge in [-0.3, -0.25) is 4.79 Å². The molecule has 3 aromatic rings. The van der Waals surface area contributed by atoms with Crippen LogP contribution >= 0.6 is 0 Å². The van der Waals surface area contributed by atoms with E-state index < -0.39 is 0 Å². The summed E-state index contributed by atoms with van der Waals surface area (Å²) in [5, 5.41) is 11.7. The minimum absolute atomic E-state index is 0.303. The first-order valence-electron chi connectivity index (χ1n) is 8.76. The van der Waals surface area contributed by atoms with E-state index >= 15 is 0 Å². The Bertz CT molecular complexity index is 946. The molecule has 0 saturated heterocycles. The van der Waals surface area contributed by atoms with Gasteiger partial charge in [-0.2, -0.15) is 5.26 Å². The van der Waals surface area contributed by atoms with E-state index in [1.54, 1.807) is 36.5 Å². The third-order valence-electron chi connectivity index (χ3n) is 4.19. The van der Waals surface area contributed by atoms with Crippen LogP contribution < -0.4 is 10.2 Å². The zero-order chi connectivity index (χ0) is 19.1. The molecule has 0 spiro atoms. The molecular weight excluding hydrogens is 336 g/mol. The van der Waals surface area contributed by atoms with Crippen molar-refractivity contribution in [2.24, 2.45) is 0 Å². The molecule has 0 fully saturated rings. The number of nitrogens with one attached hydrogen (secondary N) is 1. The van der Waals surface area contributed by atoms with Crippen molar-refractivity contribution in [2.75, 3.05) is 16.8 Å². The molecule has 0 aliphatic carbocycles. The highest BCUT2D eigenvalue weighted by atomic mass is 16.1. The molecule has 0 radical (unpaired) electrons.